The summed E-state index contributed by atoms with van der Waals surface area (Å²) in [5.74, 6) is 0.875. The molecule has 9 heteroatoms. The highest BCUT2D eigenvalue weighted by Gasteiger charge is 2.25. The maximum Gasteiger partial charge on any atom is 0.195 e. The van der Waals surface area contributed by atoms with E-state index in [-0.39, 0.29) is 6.04 Å². The Bertz CT molecular complexity index is 1140. The van der Waals surface area contributed by atoms with E-state index in [0.717, 1.165) is 35.0 Å². The Morgan fingerprint density at radius 3 is 2.89 bits per heavy atom. The van der Waals surface area contributed by atoms with Gasteiger partial charge in [-0.3, -0.25) is 9.78 Å². The quantitative estimate of drug-likeness (QED) is 0.584. The lowest BCUT2D eigenvalue weighted by molar-refractivity contribution is 0.0986. The number of morpholine rings is 1. The predicted molar refractivity (Wildman–Crippen MR) is 104 cm³/mol. The molecular weight excluding hydrogens is 358 g/mol. The van der Waals surface area contributed by atoms with Crippen LogP contribution in [0.25, 0.3) is 33.7 Å². The summed E-state index contributed by atoms with van der Waals surface area (Å²) in [7, 11) is 1.91. The fourth-order valence-electron chi connectivity index (χ4n) is 3.67. The largest absolute Gasteiger partial charge is 0.377 e. The van der Waals surface area contributed by atoms with Gasteiger partial charge in [0, 0.05) is 19.8 Å². The van der Waals surface area contributed by atoms with Crippen LogP contribution in [0, 0.1) is 6.92 Å². The molecule has 1 aliphatic rings. The summed E-state index contributed by atoms with van der Waals surface area (Å²) in [6, 6.07) is 6.18. The van der Waals surface area contributed by atoms with Crippen molar-refractivity contribution in [2.45, 2.75) is 19.9 Å². The molecule has 0 aromatic carbocycles. The van der Waals surface area contributed by atoms with E-state index in [1.807, 2.05) is 36.9 Å². The molecule has 0 bridgehead atoms. The topological polar surface area (TPSA) is 97.9 Å². The Hall–Kier alpha value is -3.20. The SMILES string of the molecule is Cc1cc(-c2noc3c(-c4ccnn4C)cc(N4CCOCC4C)nc23)[nH]n1. The van der Waals surface area contributed by atoms with Crippen molar-refractivity contribution in [3.05, 3.63) is 30.1 Å². The number of rotatable bonds is 3. The van der Waals surface area contributed by atoms with Crippen molar-refractivity contribution in [1.29, 1.82) is 0 Å². The lowest BCUT2D eigenvalue weighted by Gasteiger charge is -2.34. The lowest BCUT2D eigenvalue weighted by Crippen LogP contribution is -2.44. The number of aromatic amines is 1. The van der Waals surface area contributed by atoms with E-state index in [4.69, 9.17) is 14.2 Å². The van der Waals surface area contributed by atoms with Crippen LogP contribution in [-0.4, -0.2) is 55.9 Å². The molecule has 1 unspecified atom stereocenters. The number of nitrogens with zero attached hydrogens (tertiary/aromatic N) is 6. The second-order valence-electron chi connectivity index (χ2n) is 7.12. The molecular formula is C19H21N7O2. The third-order valence-electron chi connectivity index (χ3n) is 5.13. The maximum atomic E-state index is 5.75. The maximum absolute atomic E-state index is 5.75. The number of hydrogen-bond donors (Lipinski definition) is 1. The molecule has 0 radical (unpaired) electrons. The molecule has 0 saturated carbocycles. The van der Waals surface area contributed by atoms with Crippen molar-refractivity contribution in [3.63, 3.8) is 0 Å². The van der Waals surface area contributed by atoms with Crippen molar-refractivity contribution in [3.8, 4) is 22.6 Å². The highest BCUT2D eigenvalue weighted by Crippen LogP contribution is 2.36. The summed E-state index contributed by atoms with van der Waals surface area (Å²) < 4.78 is 13.2. The molecule has 1 aliphatic heterocycles. The summed E-state index contributed by atoms with van der Waals surface area (Å²) in [4.78, 5) is 7.19. The number of anilines is 1. The van der Waals surface area contributed by atoms with Crippen molar-refractivity contribution in [2.75, 3.05) is 24.7 Å². The minimum Gasteiger partial charge on any atom is -0.377 e. The summed E-state index contributed by atoms with van der Waals surface area (Å²) in [6.45, 7) is 6.21. The number of nitrogens with one attached hydrogen (secondary N) is 1. The van der Waals surface area contributed by atoms with Crippen LogP contribution in [0.5, 0.6) is 0 Å². The Kier molecular flexibility index (Phi) is 3.90. The number of hydrogen-bond acceptors (Lipinski definition) is 7. The summed E-state index contributed by atoms with van der Waals surface area (Å²) >= 11 is 0. The van der Waals surface area contributed by atoms with Crippen LogP contribution in [0.2, 0.25) is 0 Å². The Morgan fingerprint density at radius 1 is 1.29 bits per heavy atom. The predicted octanol–water partition coefficient (Wildman–Crippen LogP) is 2.55. The number of fused-ring (bicyclic) bond motifs is 1. The zero-order chi connectivity index (χ0) is 19.3. The normalized spacial score (nSPS) is 17.5. The number of pyridine rings is 1. The van der Waals surface area contributed by atoms with Gasteiger partial charge in [0.15, 0.2) is 11.3 Å². The van der Waals surface area contributed by atoms with Gasteiger partial charge in [-0.2, -0.15) is 10.2 Å². The molecule has 0 spiro atoms. The number of aromatic nitrogens is 6. The highest BCUT2D eigenvalue weighted by atomic mass is 16.5. The molecule has 0 aliphatic carbocycles. The minimum atomic E-state index is 0.232. The van der Waals surface area contributed by atoms with Crippen molar-refractivity contribution in [1.82, 2.24) is 30.1 Å². The first-order valence-corrected chi connectivity index (χ1v) is 9.27. The first-order valence-electron chi connectivity index (χ1n) is 9.27. The number of H-pyrrole nitrogens is 1. The standard InChI is InChI=1S/C19H21N7O2/c1-11-8-14(23-22-11)17-18-19(28-24-17)13(15-4-5-20-25(15)3)9-16(21-18)26-6-7-27-10-12(26)2/h4-5,8-9,12H,6-7,10H2,1-3H3,(H,22,23). The summed E-state index contributed by atoms with van der Waals surface area (Å²) in [6.07, 6.45) is 1.77. The van der Waals surface area contributed by atoms with E-state index in [9.17, 15) is 0 Å². The van der Waals surface area contributed by atoms with Gasteiger partial charge in [-0.25, -0.2) is 4.98 Å². The third kappa shape index (κ3) is 2.66. The van der Waals surface area contributed by atoms with Gasteiger partial charge in [-0.1, -0.05) is 5.16 Å². The Morgan fingerprint density at radius 2 is 2.18 bits per heavy atom. The van der Waals surface area contributed by atoms with E-state index in [2.05, 4.69) is 32.3 Å². The molecule has 0 amide bonds. The van der Waals surface area contributed by atoms with Gasteiger partial charge < -0.3 is 14.2 Å². The van der Waals surface area contributed by atoms with Gasteiger partial charge in [-0.05, 0) is 32.0 Å². The molecule has 4 aromatic heterocycles. The van der Waals surface area contributed by atoms with Crippen molar-refractivity contribution >= 4 is 16.9 Å². The van der Waals surface area contributed by atoms with E-state index in [0.29, 0.717) is 30.0 Å². The average molecular weight is 379 g/mol. The van der Waals surface area contributed by atoms with Crippen LogP contribution in [-0.2, 0) is 11.8 Å². The van der Waals surface area contributed by atoms with Crippen LogP contribution in [0.3, 0.4) is 0 Å². The zero-order valence-electron chi connectivity index (χ0n) is 16.0. The first kappa shape index (κ1) is 16.9. The van der Waals surface area contributed by atoms with Gasteiger partial charge in [0.25, 0.3) is 0 Å². The second-order valence-corrected chi connectivity index (χ2v) is 7.12. The molecule has 144 valence electrons. The fourth-order valence-corrected chi connectivity index (χ4v) is 3.67. The van der Waals surface area contributed by atoms with Crippen molar-refractivity contribution in [2.24, 2.45) is 7.05 Å². The molecule has 1 saturated heterocycles. The fraction of sp³-hybridized carbons (Fsp3) is 0.368. The molecule has 1 fully saturated rings. The summed E-state index contributed by atoms with van der Waals surface area (Å²) in [5.41, 5.74) is 5.52. The second kappa shape index (κ2) is 6.45. The average Bonchev–Trinajstić information content (AvgIpc) is 3.41. The van der Waals surface area contributed by atoms with Gasteiger partial charge >= 0.3 is 0 Å². The van der Waals surface area contributed by atoms with Crippen molar-refractivity contribution < 1.29 is 9.26 Å². The highest BCUT2D eigenvalue weighted by molar-refractivity contribution is 5.97. The van der Waals surface area contributed by atoms with Gasteiger partial charge in [0.1, 0.15) is 11.3 Å². The van der Waals surface area contributed by atoms with Gasteiger partial charge in [-0.15, -0.1) is 0 Å². The van der Waals surface area contributed by atoms with E-state index in [1.54, 1.807) is 6.20 Å². The van der Waals surface area contributed by atoms with E-state index in [1.165, 1.54) is 0 Å². The van der Waals surface area contributed by atoms with Crippen LogP contribution >= 0.6 is 0 Å². The molecule has 1 N–H and O–H groups in total. The lowest BCUT2D eigenvalue weighted by atomic mass is 10.1. The molecule has 5 heterocycles. The van der Waals surface area contributed by atoms with Gasteiger partial charge in [0.05, 0.1) is 41.9 Å². The first-order chi connectivity index (χ1) is 13.6. The number of aryl methyl sites for hydroxylation is 2. The molecule has 5 rings (SSSR count). The van der Waals surface area contributed by atoms with Gasteiger partial charge in [0.2, 0.25) is 0 Å². The summed E-state index contributed by atoms with van der Waals surface area (Å²) in [5, 5.41) is 15.8. The zero-order valence-corrected chi connectivity index (χ0v) is 16.0. The molecule has 4 aromatic rings. The third-order valence-corrected chi connectivity index (χ3v) is 5.13. The van der Waals surface area contributed by atoms with Crippen LogP contribution in [0.4, 0.5) is 5.82 Å². The van der Waals surface area contributed by atoms with Crippen LogP contribution in [0.15, 0.2) is 28.9 Å². The molecule has 1 atom stereocenters. The molecule has 9 nitrogen and oxygen atoms in total. The number of ether oxygens (including phenoxy) is 1. The van der Waals surface area contributed by atoms with Crippen LogP contribution in [0.1, 0.15) is 12.6 Å². The van der Waals surface area contributed by atoms with E-state index < -0.39 is 0 Å². The monoisotopic (exact) mass is 379 g/mol. The van der Waals surface area contributed by atoms with E-state index >= 15 is 0 Å². The molecule has 28 heavy (non-hydrogen) atoms. The Labute approximate surface area is 161 Å². The Balaban J connectivity index is 1.75. The smallest absolute Gasteiger partial charge is 0.195 e. The minimum absolute atomic E-state index is 0.232. The van der Waals surface area contributed by atoms with Crippen LogP contribution < -0.4 is 4.90 Å².